The van der Waals surface area contributed by atoms with Crippen LogP contribution in [0.5, 0.6) is 0 Å². The van der Waals surface area contributed by atoms with E-state index < -0.39 is 9.84 Å². The number of amides is 1. The maximum atomic E-state index is 11.7. The van der Waals surface area contributed by atoms with Crippen LogP contribution in [0.1, 0.15) is 16.8 Å². The minimum Gasteiger partial charge on any atom is -0.348 e. The molecule has 2 heterocycles. The summed E-state index contributed by atoms with van der Waals surface area (Å²) in [4.78, 5) is 21.7. The van der Waals surface area contributed by atoms with E-state index in [1.807, 2.05) is 0 Å². The van der Waals surface area contributed by atoms with Crippen LogP contribution in [-0.4, -0.2) is 55.4 Å². The highest BCUT2D eigenvalue weighted by Gasteiger charge is 2.31. The summed E-state index contributed by atoms with van der Waals surface area (Å²) in [5.41, 5.74) is 0.355. The Morgan fingerprint density at radius 2 is 2.19 bits per heavy atom. The molecule has 7 nitrogen and oxygen atoms in total. The first-order valence-electron chi connectivity index (χ1n) is 6.57. The maximum absolute atomic E-state index is 11.7. The quantitative estimate of drug-likeness (QED) is 0.771. The van der Waals surface area contributed by atoms with Gasteiger partial charge in [-0.25, -0.2) is 18.4 Å². The molecule has 0 bridgehead atoms. The predicted octanol–water partition coefficient (Wildman–Crippen LogP) is 0.0157. The number of anilines is 1. The van der Waals surface area contributed by atoms with Crippen molar-refractivity contribution in [2.75, 3.05) is 30.0 Å². The zero-order valence-corrected chi connectivity index (χ0v) is 12.6. The molecule has 1 aliphatic heterocycles. The number of nitrogens with zero attached hydrogens (tertiary/aromatic N) is 3. The van der Waals surface area contributed by atoms with Gasteiger partial charge in [-0.2, -0.15) is 0 Å². The number of sulfone groups is 1. The van der Waals surface area contributed by atoms with E-state index in [0.717, 1.165) is 0 Å². The number of hydrogen-bond acceptors (Lipinski definition) is 6. The van der Waals surface area contributed by atoms with Crippen LogP contribution in [0.4, 0.5) is 5.95 Å². The Hall–Kier alpha value is -1.96. The molecule has 1 aromatic rings. The van der Waals surface area contributed by atoms with Crippen LogP contribution in [0.25, 0.3) is 0 Å². The molecule has 0 spiro atoms. The van der Waals surface area contributed by atoms with Crippen LogP contribution >= 0.6 is 0 Å². The number of hydrogen-bond donors (Lipinski definition) is 1. The largest absolute Gasteiger partial charge is 0.348 e. The first kappa shape index (κ1) is 15.4. The molecular weight excluding hydrogens is 292 g/mol. The maximum Gasteiger partial charge on any atom is 0.254 e. The summed E-state index contributed by atoms with van der Waals surface area (Å²) in [5.74, 6) is 0.461. The molecule has 1 fully saturated rings. The van der Waals surface area contributed by atoms with Crippen LogP contribution in [0.2, 0.25) is 0 Å². The summed E-state index contributed by atoms with van der Waals surface area (Å²) in [6.45, 7) is 3.89. The van der Waals surface area contributed by atoms with Crippen LogP contribution < -0.4 is 10.2 Å². The topological polar surface area (TPSA) is 92.3 Å². The van der Waals surface area contributed by atoms with Gasteiger partial charge in [0.05, 0.1) is 17.1 Å². The lowest BCUT2D eigenvalue weighted by Gasteiger charge is -2.23. The van der Waals surface area contributed by atoms with Crippen molar-refractivity contribution in [2.45, 2.75) is 12.5 Å². The minimum absolute atomic E-state index is 0.115. The molecule has 0 aliphatic carbocycles. The molecule has 0 saturated carbocycles. The van der Waals surface area contributed by atoms with Gasteiger partial charge < -0.3 is 10.2 Å². The zero-order valence-electron chi connectivity index (χ0n) is 11.8. The lowest BCUT2D eigenvalue weighted by atomic mass is 10.2. The van der Waals surface area contributed by atoms with E-state index in [9.17, 15) is 13.2 Å². The predicted molar refractivity (Wildman–Crippen MR) is 80.0 cm³/mol. The monoisotopic (exact) mass is 310 g/mol. The Morgan fingerprint density at radius 3 is 2.71 bits per heavy atom. The van der Waals surface area contributed by atoms with Crippen LogP contribution in [0.15, 0.2) is 25.0 Å². The second-order valence-electron chi connectivity index (χ2n) is 4.94. The molecule has 1 N–H and O–H groups in total. The summed E-state index contributed by atoms with van der Waals surface area (Å²) >= 11 is 0. The molecule has 2 rings (SSSR count). The van der Waals surface area contributed by atoms with Crippen molar-refractivity contribution in [1.29, 1.82) is 0 Å². The van der Waals surface area contributed by atoms with Gasteiger partial charge in [0.1, 0.15) is 0 Å². The van der Waals surface area contributed by atoms with E-state index in [-0.39, 0.29) is 23.5 Å². The van der Waals surface area contributed by atoms with Crippen LogP contribution in [0, 0.1) is 0 Å². The Bertz CT molecular complexity index is 627. The number of rotatable bonds is 5. The van der Waals surface area contributed by atoms with E-state index >= 15 is 0 Å². The van der Waals surface area contributed by atoms with Gasteiger partial charge in [0, 0.05) is 32.0 Å². The molecule has 1 aromatic heterocycles. The smallest absolute Gasteiger partial charge is 0.254 e. The third-order valence-electron chi connectivity index (χ3n) is 3.38. The van der Waals surface area contributed by atoms with Gasteiger partial charge in [0.2, 0.25) is 5.95 Å². The van der Waals surface area contributed by atoms with Gasteiger partial charge in [-0.1, -0.05) is 6.08 Å². The standard InChI is InChI=1S/C13H18N4O3S/c1-3-5-14-12(18)10-7-15-13(16-8-10)17(2)11-4-6-21(19,20)9-11/h3,7-8,11H,1,4-6,9H2,2H3,(H,14,18). The van der Waals surface area contributed by atoms with Crippen molar-refractivity contribution in [3.8, 4) is 0 Å². The number of carbonyl (C=O) groups excluding carboxylic acids is 1. The van der Waals surface area contributed by atoms with Gasteiger partial charge in [-0.05, 0) is 6.42 Å². The van der Waals surface area contributed by atoms with Gasteiger partial charge >= 0.3 is 0 Å². The second kappa shape index (κ2) is 6.21. The molecule has 114 valence electrons. The molecule has 1 unspecified atom stereocenters. The first-order valence-corrected chi connectivity index (χ1v) is 8.39. The van der Waals surface area contributed by atoms with E-state index in [4.69, 9.17) is 0 Å². The SMILES string of the molecule is C=CCNC(=O)c1cnc(N(C)C2CCS(=O)(=O)C2)nc1. The third-order valence-corrected chi connectivity index (χ3v) is 5.13. The van der Waals surface area contributed by atoms with Crippen molar-refractivity contribution in [1.82, 2.24) is 15.3 Å². The van der Waals surface area contributed by atoms with E-state index in [0.29, 0.717) is 24.5 Å². The molecule has 1 saturated heterocycles. The molecule has 1 atom stereocenters. The van der Waals surface area contributed by atoms with Crippen molar-refractivity contribution in [3.63, 3.8) is 0 Å². The Morgan fingerprint density at radius 1 is 1.52 bits per heavy atom. The Balaban J connectivity index is 2.05. The summed E-state index contributed by atoms with van der Waals surface area (Å²) in [7, 11) is -1.19. The number of nitrogens with one attached hydrogen (secondary N) is 1. The van der Waals surface area contributed by atoms with Gasteiger partial charge in [-0.3, -0.25) is 4.79 Å². The van der Waals surface area contributed by atoms with Gasteiger partial charge in [0.25, 0.3) is 5.91 Å². The zero-order chi connectivity index (χ0) is 15.5. The van der Waals surface area contributed by atoms with Crippen molar-refractivity contribution in [2.24, 2.45) is 0 Å². The molecule has 0 aromatic carbocycles. The van der Waals surface area contributed by atoms with E-state index in [1.54, 1.807) is 18.0 Å². The fourth-order valence-electron chi connectivity index (χ4n) is 2.13. The van der Waals surface area contributed by atoms with Crippen molar-refractivity contribution >= 4 is 21.7 Å². The molecule has 1 aliphatic rings. The van der Waals surface area contributed by atoms with E-state index in [2.05, 4.69) is 21.9 Å². The summed E-state index contributed by atoms with van der Waals surface area (Å²) in [6.07, 6.45) is 5.02. The molecular formula is C13H18N4O3S. The highest BCUT2D eigenvalue weighted by atomic mass is 32.2. The third kappa shape index (κ3) is 3.78. The summed E-state index contributed by atoms with van der Waals surface area (Å²) in [5, 5.41) is 2.63. The molecule has 8 heteroatoms. The lowest BCUT2D eigenvalue weighted by Crippen LogP contribution is -2.34. The first-order chi connectivity index (χ1) is 9.93. The molecule has 21 heavy (non-hydrogen) atoms. The minimum atomic E-state index is -2.95. The second-order valence-corrected chi connectivity index (χ2v) is 7.17. The fraction of sp³-hybridized carbons (Fsp3) is 0.462. The number of aromatic nitrogens is 2. The summed E-state index contributed by atoms with van der Waals surface area (Å²) < 4.78 is 23.0. The Labute approximate surface area is 124 Å². The lowest BCUT2D eigenvalue weighted by molar-refractivity contribution is 0.0957. The van der Waals surface area contributed by atoms with Crippen molar-refractivity contribution < 1.29 is 13.2 Å². The van der Waals surface area contributed by atoms with Crippen LogP contribution in [-0.2, 0) is 9.84 Å². The van der Waals surface area contributed by atoms with Gasteiger partial charge in [0.15, 0.2) is 9.84 Å². The normalized spacial score (nSPS) is 20.0. The highest BCUT2D eigenvalue weighted by Crippen LogP contribution is 2.19. The summed E-state index contributed by atoms with van der Waals surface area (Å²) in [6, 6.07) is -0.115. The number of carbonyl (C=O) groups is 1. The van der Waals surface area contributed by atoms with E-state index in [1.165, 1.54) is 12.4 Å². The molecule has 1 amide bonds. The molecule has 0 radical (unpaired) electrons. The van der Waals surface area contributed by atoms with Crippen LogP contribution in [0.3, 0.4) is 0 Å². The average Bonchev–Trinajstić information content (AvgIpc) is 2.84. The fourth-order valence-corrected chi connectivity index (χ4v) is 3.91. The highest BCUT2D eigenvalue weighted by molar-refractivity contribution is 7.91. The average molecular weight is 310 g/mol. The van der Waals surface area contributed by atoms with Crippen molar-refractivity contribution in [3.05, 3.63) is 30.6 Å². The van der Waals surface area contributed by atoms with Gasteiger partial charge in [-0.15, -0.1) is 6.58 Å². The Kier molecular flexibility index (Phi) is 4.56.